The van der Waals surface area contributed by atoms with Gasteiger partial charge in [0.15, 0.2) is 5.82 Å². The molecule has 1 aliphatic rings. The van der Waals surface area contributed by atoms with Crippen LogP contribution in [0.2, 0.25) is 0 Å². The molecule has 1 unspecified atom stereocenters. The number of hydrogen-bond acceptors (Lipinski definition) is 6. The zero-order chi connectivity index (χ0) is 12.4. The van der Waals surface area contributed by atoms with Crippen molar-refractivity contribution in [2.45, 2.75) is 18.8 Å². The van der Waals surface area contributed by atoms with Crippen molar-refractivity contribution < 1.29 is 14.4 Å². The Balaban J connectivity index is 1.84. The number of ether oxygens (including phenoxy) is 1. The van der Waals surface area contributed by atoms with Gasteiger partial charge in [0.25, 0.3) is 5.89 Å². The highest BCUT2D eigenvalue weighted by atomic mass is 16.5. The quantitative estimate of drug-likeness (QED) is 0.870. The van der Waals surface area contributed by atoms with Crippen LogP contribution in [-0.2, 0) is 4.74 Å². The molecule has 3 heterocycles. The van der Waals surface area contributed by atoms with Crippen LogP contribution in [0.4, 0.5) is 0 Å². The molecular formula is C12H13N3O3. The van der Waals surface area contributed by atoms with Gasteiger partial charge in [0.05, 0.1) is 18.4 Å². The van der Waals surface area contributed by atoms with Gasteiger partial charge in [-0.3, -0.25) is 4.98 Å². The van der Waals surface area contributed by atoms with E-state index in [1.165, 1.54) is 6.20 Å². The van der Waals surface area contributed by atoms with E-state index < -0.39 is 0 Å². The summed E-state index contributed by atoms with van der Waals surface area (Å²) in [7, 11) is 0. The average Bonchev–Trinajstić information content (AvgIpc) is 2.89. The van der Waals surface area contributed by atoms with E-state index in [1.807, 2.05) is 0 Å². The van der Waals surface area contributed by atoms with Gasteiger partial charge in [-0.15, -0.1) is 0 Å². The average molecular weight is 247 g/mol. The Labute approximate surface area is 104 Å². The molecule has 1 aliphatic heterocycles. The molecule has 0 saturated carbocycles. The number of pyridine rings is 1. The predicted molar refractivity (Wildman–Crippen MR) is 62.0 cm³/mol. The maximum Gasteiger partial charge on any atom is 0.259 e. The first-order valence-corrected chi connectivity index (χ1v) is 5.88. The van der Waals surface area contributed by atoms with E-state index in [0.717, 1.165) is 19.4 Å². The zero-order valence-electron chi connectivity index (χ0n) is 9.74. The second-order valence-corrected chi connectivity index (χ2v) is 4.30. The van der Waals surface area contributed by atoms with Gasteiger partial charge in [-0.25, -0.2) is 0 Å². The molecule has 18 heavy (non-hydrogen) atoms. The highest BCUT2D eigenvalue weighted by molar-refractivity contribution is 5.53. The van der Waals surface area contributed by atoms with Crippen molar-refractivity contribution >= 4 is 0 Å². The lowest BCUT2D eigenvalue weighted by Crippen LogP contribution is -2.16. The molecule has 0 spiro atoms. The van der Waals surface area contributed by atoms with Crippen LogP contribution in [0.15, 0.2) is 23.0 Å². The van der Waals surface area contributed by atoms with Crippen LogP contribution < -0.4 is 0 Å². The summed E-state index contributed by atoms with van der Waals surface area (Å²) in [5, 5.41) is 13.3. The Hall–Kier alpha value is -1.95. The highest BCUT2D eigenvalue weighted by Crippen LogP contribution is 2.26. The van der Waals surface area contributed by atoms with E-state index in [1.54, 1.807) is 12.3 Å². The van der Waals surface area contributed by atoms with E-state index >= 15 is 0 Å². The Kier molecular flexibility index (Phi) is 2.93. The molecule has 1 atom stereocenters. The van der Waals surface area contributed by atoms with Gasteiger partial charge in [-0.1, -0.05) is 5.16 Å². The first-order valence-electron chi connectivity index (χ1n) is 5.88. The standard InChI is InChI=1S/C12H13N3O3/c16-10-4-9(5-13-6-10)12-14-11(15-18-12)8-2-1-3-17-7-8/h4-6,8,16H,1-3,7H2. The minimum Gasteiger partial charge on any atom is -0.506 e. The van der Waals surface area contributed by atoms with E-state index in [9.17, 15) is 5.11 Å². The molecule has 0 radical (unpaired) electrons. The lowest BCUT2D eigenvalue weighted by molar-refractivity contribution is 0.0773. The molecule has 6 nitrogen and oxygen atoms in total. The molecule has 94 valence electrons. The van der Waals surface area contributed by atoms with Crippen LogP contribution >= 0.6 is 0 Å². The number of aromatic hydroxyl groups is 1. The highest BCUT2D eigenvalue weighted by Gasteiger charge is 2.22. The third-order valence-corrected chi connectivity index (χ3v) is 2.94. The molecule has 2 aromatic heterocycles. The lowest BCUT2D eigenvalue weighted by Gasteiger charge is -2.18. The van der Waals surface area contributed by atoms with Crippen LogP contribution in [0.5, 0.6) is 5.75 Å². The van der Waals surface area contributed by atoms with Gasteiger partial charge in [-0.2, -0.15) is 4.98 Å². The summed E-state index contributed by atoms with van der Waals surface area (Å²) in [6, 6.07) is 1.54. The van der Waals surface area contributed by atoms with Crippen LogP contribution in [0.25, 0.3) is 11.5 Å². The summed E-state index contributed by atoms with van der Waals surface area (Å²) in [5.74, 6) is 1.31. The van der Waals surface area contributed by atoms with Gasteiger partial charge >= 0.3 is 0 Å². The van der Waals surface area contributed by atoms with Gasteiger partial charge in [0.2, 0.25) is 0 Å². The topological polar surface area (TPSA) is 81.3 Å². The second-order valence-electron chi connectivity index (χ2n) is 4.30. The smallest absolute Gasteiger partial charge is 0.259 e. The minimum absolute atomic E-state index is 0.0771. The number of hydrogen-bond donors (Lipinski definition) is 1. The predicted octanol–water partition coefficient (Wildman–Crippen LogP) is 1.73. The summed E-state index contributed by atoms with van der Waals surface area (Å²) in [6.07, 6.45) is 4.96. The molecule has 0 amide bonds. The van der Waals surface area contributed by atoms with Crippen molar-refractivity contribution in [1.82, 2.24) is 15.1 Å². The maximum atomic E-state index is 9.36. The fourth-order valence-corrected chi connectivity index (χ4v) is 2.01. The SMILES string of the molecule is Oc1cncc(-c2nc(C3CCCOC3)no2)c1. The van der Waals surface area contributed by atoms with Crippen LogP contribution in [0, 0.1) is 0 Å². The molecule has 1 N–H and O–H groups in total. The Morgan fingerprint density at radius 3 is 3.06 bits per heavy atom. The van der Waals surface area contributed by atoms with Crippen LogP contribution in [0.3, 0.4) is 0 Å². The fraction of sp³-hybridized carbons (Fsp3) is 0.417. The Morgan fingerprint density at radius 1 is 1.33 bits per heavy atom. The summed E-state index contributed by atoms with van der Waals surface area (Å²) in [5.41, 5.74) is 0.616. The minimum atomic E-state index is 0.0771. The number of nitrogens with zero attached hydrogens (tertiary/aromatic N) is 3. The maximum absolute atomic E-state index is 9.36. The summed E-state index contributed by atoms with van der Waals surface area (Å²) >= 11 is 0. The lowest BCUT2D eigenvalue weighted by atomic mass is 10.0. The van der Waals surface area contributed by atoms with E-state index in [-0.39, 0.29) is 11.7 Å². The first-order chi connectivity index (χ1) is 8.83. The molecule has 1 saturated heterocycles. The summed E-state index contributed by atoms with van der Waals surface area (Å²) in [6.45, 7) is 1.44. The summed E-state index contributed by atoms with van der Waals surface area (Å²) in [4.78, 5) is 8.22. The third kappa shape index (κ3) is 2.19. The Morgan fingerprint density at radius 2 is 2.28 bits per heavy atom. The van der Waals surface area contributed by atoms with Gasteiger partial charge in [0.1, 0.15) is 5.75 Å². The van der Waals surface area contributed by atoms with Crippen molar-refractivity contribution in [3.8, 4) is 17.2 Å². The van der Waals surface area contributed by atoms with Gasteiger partial charge in [-0.05, 0) is 18.9 Å². The van der Waals surface area contributed by atoms with Crippen molar-refractivity contribution in [2.75, 3.05) is 13.2 Å². The second kappa shape index (κ2) is 4.73. The molecule has 3 rings (SSSR count). The number of rotatable bonds is 2. The van der Waals surface area contributed by atoms with E-state index in [2.05, 4.69) is 15.1 Å². The van der Waals surface area contributed by atoms with Crippen molar-refractivity contribution in [3.05, 3.63) is 24.3 Å². The largest absolute Gasteiger partial charge is 0.506 e. The molecular weight excluding hydrogens is 234 g/mol. The molecule has 2 aromatic rings. The van der Waals surface area contributed by atoms with E-state index in [0.29, 0.717) is 23.9 Å². The van der Waals surface area contributed by atoms with Crippen molar-refractivity contribution in [3.63, 3.8) is 0 Å². The molecule has 0 aromatic carbocycles. The van der Waals surface area contributed by atoms with Crippen LogP contribution in [0.1, 0.15) is 24.6 Å². The van der Waals surface area contributed by atoms with Crippen molar-refractivity contribution in [1.29, 1.82) is 0 Å². The molecule has 0 bridgehead atoms. The van der Waals surface area contributed by atoms with E-state index in [4.69, 9.17) is 9.26 Å². The number of aromatic nitrogens is 3. The molecule has 0 aliphatic carbocycles. The normalized spacial score (nSPS) is 19.9. The molecule has 6 heteroatoms. The fourth-order valence-electron chi connectivity index (χ4n) is 2.01. The monoisotopic (exact) mass is 247 g/mol. The van der Waals surface area contributed by atoms with Crippen LogP contribution in [-0.4, -0.2) is 33.4 Å². The van der Waals surface area contributed by atoms with Crippen molar-refractivity contribution in [2.24, 2.45) is 0 Å². The summed E-state index contributed by atoms with van der Waals surface area (Å²) < 4.78 is 10.6. The Bertz CT molecular complexity index is 535. The van der Waals surface area contributed by atoms with Gasteiger partial charge < -0.3 is 14.4 Å². The molecule has 1 fully saturated rings. The zero-order valence-corrected chi connectivity index (χ0v) is 9.74. The first kappa shape index (κ1) is 11.2. The third-order valence-electron chi connectivity index (χ3n) is 2.94. The van der Waals surface area contributed by atoms with Gasteiger partial charge in [0, 0.05) is 18.7 Å².